The lowest BCUT2D eigenvalue weighted by molar-refractivity contribution is 0.101. The number of ketones is 1. The van der Waals surface area contributed by atoms with E-state index < -0.39 is 0 Å². The number of imidazole rings is 1. The summed E-state index contributed by atoms with van der Waals surface area (Å²) in [5.74, 6) is 0.247. The minimum absolute atomic E-state index is 0.0235. The molecule has 0 unspecified atom stereocenters. The normalized spacial score (nSPS) is 10.9. The Labute approximate surface area is 144 Å². The monoisotopic (exact) mass is 329 g/mol. The fraction of sp³-hybridized carbons (Fsp3) is 0.0500. The predicted octanol–water partition coefficient (Wildman–Crippen LogP) is 3.97. The third-order valence-corrected chi connectivity index (χ3v) is 4.12. The molecule has 0 atom stereocenters. The Morgan fingerprint density at radius 3 is 2.56 bits per heavy atom. The number of Topliss-reactive ketones (excluding diaryl/α,β-unsaturated/α-hetero) is 1. The third kappa shape index (κ3) is 2.76. The number of nitrogens with zero attached hydrogens (tertiary/aromatic N) is 3. The molecule has 0 bridgehead atoms. The van der Waals surface area contributed by atoms with Crippen molar-refractivity contribution in [3.05, 3.63) is 72.7 Å². The van der Waals surface area contributed by atoms with Crippen LogP contribution in [0.3, 0.4) is 0 Å². The van der Waals surface area contributed by atoms with Crippen molar-refractivity contribution in [2.45, 2.75) is 6.92 Å². The van der Waals surface area contributed by atoms with Crippen molar-refractivity contribution >= 4 is 11.4 Å². The van der Waals surface area contributed by atoms with Gasteiger partial charge in [0.1, 0.15) is 5.75 Å². The van der Waals surface area contributed by atoms with Gasteiger partial charge in [-0.05, 0) is 37.3 Å². The molecule has 0 saturated heterocycles. The Balaban J connectivity index is 1.85. The summed E-state index contributed by atoms with van der Waals surface area (Å²) < 4.78 is 1.95. The van der Waals surface area contributed by atoms with Gasteiger partial charge >= 0.3 is 0 Å². The molecule has 1 N–H and O–H groups in total. The third-order valence-electron chi connectivity index (χ3n) is 4.12. The first-order chi connectivity index (χ1) is 12.1. The second-order valence-corrected chi connectivity index (χ2v) is 5.83. The van der Waals surface area contributed by atoms with Crippen molar-refractivity contribution in [2.75, 3.05) is 0 Å². The van der Waals surface area contributed by atoms with E-state index in [0.29, 0.717) is 5.56 Å². The van der Waals surface area contributed by atoms with E-state index in [0.717, 1.165) is 28.2 Å². The van der Waals surface area contributed by atoms with Crippen molar-refractivity contribution in [1.82, 2.24) is 14.4 Å². The van der Waals surface area contributed by atoms with E-state index in [-0.39, 0.29) is 11.5 Å². The first-order valence-electron chi connectivity index (χ1n) is 7.86. The van der Waals surface area contributed by atoms with Crippen LogP contribution in [0.15, 0.2) is 67.1 Å². The van der Waals surface area contributed by atoms with Gasteiger partial charge in [0.2, 0.25) is 0 Å². The van der Waals surface area contributed by atoms with E-state index in [1.165, 1.54) is 0 Å². The fourth-order valence-electron chi connectivity index (χ4n) is 2.78. The van der Waals surface area contributed by atoms with Gasteiger partial charge in [0.25, 0.3) is 0 Å². The molecule has 0 fully saturated rings. The van der Waals surface area contributed by atoms with Gasteiger partial charge in [-0.25, -0.2) is 4.98 Å². The number of phenolic OH excluding ortho intramolecular Hbond substituents is 1. The lowest BCUT2D eigenvalue weighted by Gasteiger charge is -2.06. The number of aromatic nitrogens is 3. The maximum absolute atomic E-state index is 11.6. The van der Waals surface area contributed by atoms with Crippen molar-refractivity contribution in [3.8, 4) is 28.3 Å². The average Bonchev–Trinajstić information content (AvgIpc) is 3.05. The highest BCUT2D eigenvalue weighted by Crippen LogP contribution is 2.25. The molecule has 0 radical (unpaired) electrons. The van der Waals surface area contributed by atoms with Crippen molar-refractivity contribution in [2.24, 2.45) is 0 Å². The number of hydrogen-bond acceptors (Lipinski definition) is 4. The number of carbonyl (C=O) groups is 1. The van der Waals surface area contributed by atoms with Crippen molar-refractivity contribution in [3.63, 3.8) is 0 Å². The molecule has 2 heterocycles. The molecule has 4 aromatic rings. The van der Waals surface area contributed by atoms with Crippen LogP contribution >= 0.6 is 0 Å². The zero-order valence-corrected chi connectivity index (χ0v) is 13.5. The van der Waals surface area contributed by atoms with Crippen LogP contribution in [0, 0.1) is 0 Å². The molecule has 0 amide bonds. The molecule has 122 valence electrons. The topological polar surface area (TPSA) is 67.5 Å². The van der Waals surface area contributed by atoms with Crippen LogP contribution in [0.5, 0.6) is 5.75 Å². The smallest absolute Gasteiger partial charge is 0.159 e. The molecule has 0 aliphatic rings. The van der Waals surface area contributed by atoms with Crippen LogP contribution in [0.2, 0.25) is 0 Å². The Morgan fingerprint density at radius 1 is 1.00 bits per heavy atom. The number of aromatic hydroxyl groups is 1. The van der Waals surface area contributed by atoms with Gasteiger partial charge in [-0.15, -0.1) is 0 Å². The maximum atomic E-state index is 11.6. The molecule has 5 nitrogen and oxygen atoms in total. The maximum Gasteiger partial charge on any atom is 0.159 e. The second kappa shape index (κ2) is 5.87. The van der Waals surface area contributed by atoms with Crippen molar-refractivity contribution < 1.29 is 9.90 Å². The molecule has 0 saturated carbocycles. The van der Waals surface area contributed by atoms with Crippen LogP contribution in [-0.2, 0) is 0 Å². The van der Waals surface area contributed by atoms with E-state index in [9.17, 15) is 9.90 Å². The largest absolute Gasteiger partial charge is 0.508 e. The zero-order valence-electron chi connectivity index (χ0n) is 13.5. The van der Waals surface area contributed by atoms with E-state index in [1.807, 2.05) is 40.9 Å². The summed E-state index contributed by atoms with van der Waals surface area (Å²) in [7, 11) is 0. The van der Waals surface area contributed by atoms with Crippen LogP contribution < -0.4 is 0 Å². The van der Waals surface area contributed by atoms with E-state index in [1.54, 1.807) is 37.5 Å². The highest BCUT2D eigenvalue weighted by Gasteiger charge is 2.09. The standard InChI is InChI=1S/C20H15N3O2/c1-13(24)15-3-2-4-16(9-15)18-12-23-19(10-22-20(23)11-21-18)14-5-7-17(25)8-6-14/h2-12,25H,1H3. The van der Waals surface area contributed by atoms with Gasteiger partial charge in [0.15, 0.2) is 11.4 Å². The lowest BCUT2D eigenvalue weighted by atomic mass is 10.1. The van der Waals surface area contributed by atoms with Gasteiger partial charge in [-0.3, -0.25) is 14.2 Å². The van der Waals surface area contributed by atoms with Crippen LogP contribution in [0.4, 0.5) is 0 Å². The molecule has 2 aromatic heterocycles. The molecule has 25 heavy (non-hydrogen) atoms. The number of fused-ring (bicyclic) bond motifs is 1. The highest BCUT2D eigenvalue weighted by atomic mass is 16.3. The first kappa shape index (κ1) is 15.1. The molecule has 0 spiro atoms. The summed E-state index contributed by atoms with van der Waals surface area (Å²) in [6, 6.07) is 14.4. The van der Waals surface area contributed by atoms with Gasteiger partial charge in [-0.1, -0.05) is 18.2 Å². The van der Waals surface area contributed by atoms with Gasteiger partial charge in [0, 0.05) is 22.9 Å². The Hall–Kier alpha value is -3.47. The molecule has 0 aliphatic carbocycles. The second-order valence-electron chi connectivity index (χ2n) is 5.83. The molecule has 0 aliphatic heterocycles. The van der Waals surface area contributed by atoms with Crippen LogP contribution in [0.1, 0.15) is 17.3 Å². The summed E-state index contributed by atoms with van der Waals surface area (Å²) >= 11 is 0. The van der Waals surface area contributed by atoms with E-state index >= 15 is 0 Å². The molecular formula is C20H15N3O2. The summed E-state index contributed by atoms with van der Waals surface area (Å²) in [4.78, 5) is 20.5. The minimum atomic E-state index is 0.0235. The van der Waals surface area contributed by atoms with E-state index in [2.05, 4.69) is 9.97 Å². The lowest BCUT2D eigenvalue weighted by Crippen LogP contribution is -1.95. The van der Waals surface area contributed by atoms with Gasteiger partial charge in [0.05, 0.1) is 23.8 Å². The Kier molecular flexibility index (Phi) is 3.54. The molecular weight excluding hydrogens is 314 g/mol. The van der Waals surface area contributed by atoms with Gasteiger partial charge < -0.3 is 5.11 Å². The fourth-order valence-corrected chi connectivity index (χ4v) is 2.78. The molecule has 4 rings (SSSR count). The predicted molar refractivity (Wildman–Crippen MR) is 95.5 cm³/mol. The number of benzene rings is 2. The number of carbonyl (C=O) groups excluding carboxylic acids is 1. The van der Waals surface area contributed by atoms with Crippen LogP contribution in [0.25, 0.3) is 28.2 Å². The zero-order chi connectivity index (χ0) is 17.4. The van der Waals surface area contributed by atoms with Crippen LogP contribution in [-0.4, -0.2) is 25.3 Å². The minimum Gasteiger partial charge on any atom is -0.508 e. The SMILES string of the molecule is CC(=O)c1cccc(-c2cn3c(-c4ccc(O)cc4)cnc3cn2)c1. The Morgan fingerprint density at radius 2 is 1.80 bits per heavy atom. The highest BCUT2D eigenvalue weighted by molar-refractivity contribution is 5.95. The molecule has 2 aromatic carbocycles. The summed E-state index contributed by atoms with van der Waals surface area (Å²) in [5.41, 5.74) is 4.87. The quantitative estimate of drug-likeness (QED) is 0.578. The average molecular weight is 329 g/mol. The van der Waals surface area contributed by atoms with Crippen molar-refractivity contribution in [1.29, 1.82) is 0 Å². The summed E-state index contributed by atoms with van der Waals surface area (Å²) in [5, 5.41) is 9.47. The first-order valence-corrected chi connectivity index (χ1v) is 7.86. The number of phenols is 1. The number of rotatable bonds is 3. The summed E-state index contributed by atoms with van der Waals surface area (Å²) in [6.07, 6.45) is 5.39. The molecule has 5 heteroatoms. The Bertz CT molecular complexity index is 1080. The number of hydrogen-bond donors (Lipinski definition) is 1. The summed E-state index contributed by atoms with van der Waals surface area (Å²) in [6.45, 7) is 1.55. The van der Waals surface area contributed by atoms with Gasteiger partial charge in [-0.2, -0.15) is 0 Å². The van der Waals surface area contributed by atoms with E-state index in [4.69, 9.17) is 0 Å².